The van der Waals surface area contributed by atoms with E-state index in [2.05, 4.69) is 27.7 Å². The maximum atomic E-state index is 12.7. The highest BCUT2D eigenvalue weighted by molar-refractivity contribution is 5.69. The van der Waals surface area contributed by atoms with Gasteiger partial charge in [-0.15, -0.1) is 0 Å². The van der Waals surface area contributed by atoms with Crippen LogP contribution in [-0.2, 0) is 23.8 Å². The quantitative estimate of drug-likeness (QED) is 0.0158. The fraction of sp³-hybridized carbons (Fsp3) is 0.820. The molecule has 1 aromatic rings. The highest BCUT2D eigenvalue weighted by Crippen LogP contribution is 2.24. The topological polar surface area (TPSA) is 131 Å². The van der Waals surface area contributed by atoms with E-state index >= 15 is 0 Å². The van der Waals surface area contributed by atoms with Gasteiger partial charge in [0.25, 0.3) is 5.69 Å². The maximum Gasteiger partial charge on any atom is 0.514 e. The second kappa shape index (κ2) is 38.7. The summed E-state index contributed by atoms with van der Waals surface area (Å²) in [5.41, 5.74) is -0.0821. The van der Waals surface area contributed by atoms with Gasteiger partial charge in [-0.05, 0) is 75.3 Å². The lowest BCUT2D eigenvalue weighted by atomic mass is 9.92. The first-order chi connectivity index (χ1) is 29.2. The summed E-state index contributed by atoms with van der Waals surface area (Å²) in [4.78, 5) is 48.0. The van der Waals surface area contributed by atoms with E-state index in [1.165, 1.54) is 127 Å². The normalized spacial score (nSPS) is 11.4. The molecule has 0 atom stereocenters. The van der Waals surface area contributed by atoms with Gasteiger partial charge in [-0.1, -0.05) is 169 Å². The summed E-state index contributed by atoms with van der Waals surface area (Å²) >= 11 is 0. The van der Waals surface area contributed by atoms with Gasteiger partial charge in [0, 0.05) is 25.0 Å². The van der Waals surface area contributed by atoms with Crippen LogP contribution in [0, 0.1) is 22.0 Å². The molecule has 10 heteroatoms. The molecule has 0 aliphatic rings. The van der Waals surface area contributed by atoms with Gasteiger partial charge in [0.1, 0.15) is 11.9 Å². The molecule has 1 aromatic carbocycles. The SMILES string of the molecule is CCCCCC(CCCCC)CCOC(=O)CCCCCCCC(CCCCCCCC(=O)OCCC(CCCCC)CCCCC)OC(=O)Oc1ccc([N+](=O)[O-])cc1. The van der Waals surface area contributed by atoms with Gasteiger partial charge in [0.15, 0.2) is 0 Å². The Kier molecular flexibility index (Phi) is 35.4. The molecule has 346 valence electrons. The van der Waals surface area contributed by atoms with Crippen molar-refractivity contribution in [1.82, 2.24) is 0 Å². The Morgan fingerprint density at radius 3 is 1.25 bits per heavy atom. The number of non-ortho nitro benzene ring substituents is 1. The Morgan fingerprint density at radius 2 is 0.867 bits per heavy atom. The number of nitrogens with zero attached hydrogens (tertiary/aromatic N) is 1. The van der Waals surface area contributed by atoms with Crippen molar-refractivity contribution in [1.29, 1.82) is 0 Å². The molecule has 0 N–H and O–H groups in total. The average molecular weight is 846 g/mol. The fourth-order valence-corrected chi connectivity index (χ4v) is 7.92. The number of carbonyl (C=O) groups is 3. The first-order valence-electron chi connectivity index (χ1n) is 24.7. The van der Waals surface area contributed by atoms with Crippen LogP contribution in [0.25, 0.3) is 0 Å². The zero-order valence-corrected chi connectivity index (χ0v) is 38.7. The number of nitro benzene ring substituents is 1. The molecule has 0 aromatic heterocycles. The standard InChI is InChI=1S/C50H87NO9/c1-5-9-19-27-43(28-20-10-6-2)39-41-57-48(52)33-25-17-13-15-23-31-46(59-50(54)60-47-37-35-45(36-38-47)51(55)56)32-24-16-14-18-26-34-49(53)58-42-40-44(29-21-11-7-3)30-22-12-8-4/h35-38,43-44,46H,5-34,39-42H2,1-4H3. The molecule has 0 saturated carbocycles. The molecule has 0 unspecified atom stereocenters. The van der Waals surface area contributed by atoms with Crippen molar-refractivity contribution in [2.24, 2.45) is 11.8 Å². The summed E-state index contributed by atoms with van der Waals surface area (Å²) in [5, 5.41) is 11.0. The largest absolute Gasteiger partial charge is 0.514 e. The molecule has 0 fully saturated rings. The minimum atomic E-state index is -0.813. The molecule has 0 radical (unpaired) electrons. The van der Waals surface area contributed by atoms with E-state index < -0.39 is 11.1 Å². The summed E-state index contributed by atoms with van der Waals surface area (Å²) < 4.78 is 22.3. The molecule has 0 heterocycles. The zero-order chi connectivity index (χ0) is 43.9. The minimum Gasteiger partial charge on any atom is -0.466 e. The summed E-state index contributed by atoms with van der Waals surface area (Å²) in [6.45, 7) is 10.0. The molecule has 0 bridgehead atoms. The Bertz CT molecular complexity index is 1130. The van der Waals surface area contributed by atoms with Gasteiger partial charge < -0.3 is 18.9 Å². The molecule has 10 nitrogen and oxygen atoms in total. The number of hydrogen-bond acceptors (Lipinski definition) is 9. The third-order valence-corrected chi connectivity index (χ3v) is 11.8. The van der Waals surface area contributed by atoms with Crippen LogP contribution in [0.1, 0.15) is 233 Å². The van der Waals surface area contributed by atoms with Gasteiger partial charge in [-0.25, -0.2) is 4.79 Å². The summed E-state index contributed by atoms with van der Waals surface area (Å²) in [7, 11) is 0. The Morgan fingerprint density at radius 1 is 0.500 bits per heavy atom. The number of carbonyl (C=O) groups excluding carboxylic acids is 3. The van der Waals surface area contributed by atoms with Crippen LogP contribution in [0.3, 0.4) is 0 Å². The second-order valence-corrected chi connectivity index (χ2v) is 17.2. The lowest BCUT2D eigenvalue weighted by Crippen LogP contribution is -2.21. The van der Waals surface area contributed by atoms with E-state index in [1.54, 1.807) is 0 Å². The molecule has 60 heavy (non-hydrogen) atoms. The number of nitro groups is 1. The van der Waals surface area contributed by atoms with E-state index in [0.29, 0.717) is 50.7 Å². The lowest BCUT2D eigenvalue weighted by molar-refractivity contribution is -0.384. The van der Waals surface area contributed by atoms with Crippen LogP contribution in [0.4, 0.5) is 10.5 Å². The van der Waals surface area contributed by atoms with Crippen molar-refractivity contribution in [3.8, 4) is 5.75 Å². The molecule has 0 amide bonds. The molecule has 0 aliphatic heterocycles. The first kappa shape index (κ1) is 54.8. The number of unbranched alkanes of at least 4 members (excludes halogenated alkanes) is 16. The second-order valence-electron chi connectivity index (χ2n) is 17.2. The Hall–Kier alpha value is -3.17. The Balaban J connectivity index is 2.41. The van der Waals surface area contributed by atoms with Gasteiger partial charge >= 0.3 is 18.1 Å². The van der Waals surface area contributed by atoms with Crippen molar-refractivity contribution < 1.29 is 38.3 Å². The maximum absolute atomic E-state index is 12.7. The molecule has 0 saturated heterocycles. The predicted octanol–water partition coefficient (Wildman–Crippen LogP) is 15.4. The fourth-order valence-electron chi connectivity index (χ4n) is 7.92. The van der Waals surface area contributed by atoms with Crippen LogP contribution in [0.5, 0.6) is 5.75 Å². The van der Waals surface area contributed by atoms with Gasteiger partial charge in [0.05, 0.1) is 18.1 Å². The first-order valence-corrected chi connectivity index (χ1v) is 24.7. The van der Waals surface area contributed by atoms with Crippen molar-refractivity contribution >= 4 is 23.8 Å². The minimum absolute atomic E-state index is 0.0821. The summed E-state index contributed by atoms with van der Waals surface area (Å²) in [6, 6.07) is 5.36. The monoisotopic (exact) mass is 846 g/mol. The van der Waals surface area contributed by atoms with Crippen molar-refractivity contribution in [2.75, 3.05) is 13.2 Å². The third kappa shape index (κ3) is 31.7. The molecule has 1 rings (SSSR count). The van der Waals surface area contributed by atoms with Crippen LogP contribution >= 0.6 is 0 Å². The van der Waals surface area contributed by atoms with Gasteiger partial charge in [0.2, 0.25) is 0 Å². The number of hydrogen-bond donors (Lipinski definition) is 0. The van der Waals surface area contributed by atoms with Crippen LogP contribution in [0.15, 0.2) is 24.3 Å². The number of rotatable bonds is 41. The summed E-state index contributed by atoms with van der Waals surface area (Å²) in [6.07, 6.45) is 32.4. The van der Waals surface area contributed by atoms with Gasteiger partial charge in [-0.2, -0.15) is 0 Å². The lowest BCUT2D eigenvalue weighted by Gasteiger charge is -2.18. The van der Waals surface area contributed by atoms with Gasteiger partial charge in [-0.3, -0.25) is 19.7 Å². The van der Waals surface area contributed by atoms with Crippen LogP contribution in [0.2, 0.25) is 0 Å². The molecule has 0 aliphatic carbocycles. The van der Waals surface area contributed by atoms with E-state index in [9.17, 15) is 24.5 Å². The van der Waals surface area contributed by atoms with E-state index in [1.807, 2.05) is 0 Å². The number of ether oxygens (including phenoxy) is 4. The smallest absolute Gasteiger partial charge is 0.466 e. The molecular weight excluding hydrogens is 759 g/mol. The van der Waals surface area contributed by atoms with Crippen molar-refractivity contribution in [2.45, 2.75) is 239 Å². The van der Waals surface area contributed by atoms with Crippen LogP contribution in [-0.4, -0.2) is 42.3 Å². The highest BCUT2D eigenvalue weighted by Gasteiger charge is 2.18. The third-order valence-electron chi connectivity index (χ3n) is 11.8. The van der Waals surface area contributed by atoms with E-state index in [4.69, 9.17) is 18.9 Å². The summed E-state index contributed by atoms with van der Waals surface area (Å²) in [5.74, 6) is 1.32. The van der Waals surface area contributed by atoms with Crippen molar-refractivity contribution in [3.05, 3.63) is 34.4 Å². The van der Waals surface area contributed by atoms with Crippen LogP contribution < -0.4 is 4.74 Å². The van der Waals surface area contributed by atoms with E-state index in [-0.39, 0.29) is 29.5 Å². The van der Waals surface area contributed by atoms with Crippen molar-refractivity contribution in [3.63, 3.8) is 0 Å². The Labute approximate surface area is 365 Å². The number of esters is 2. The molecule has 0 spiro atoms. The highest BCUT2D eigenvalue weighted by atomic mass is 16.7. The average Bonchev–Trinajstić information content (AvgIpc) is 3.23. The molecular formula is C50H87NO9. The predicted molar refractivity (Wildman–Crippen MR) is 243 cm³/mol. The van der Waals surface area contributed by atoms with E-state index in [0.717, 1.165) is 77.0 Å². The number of benzene rings is 1. The zero-order valence-electron chi connectivity index (χ0n) is 38.7.